The lowest BCUT2D eigenvalue weighted by atomic mass is 10.1. The van der Waals surface area contributed by atoms with E-state index in [1.165, 1.54) is 5.57 Å². The molecule has 0 fully saturated rings. The molecule has 0 aliphatic rings. The van der Waals surface area contributed by atoms with Crippen molar-refractivity contribution in [1.29, 1.82) is 0 Å². The minimum Gasteiger partial charge on any atom is -0.382 e. The summed E-state index contributed by atoms with van der Waals surface area (Å²) in [5, 5.41) is 3.44. The fourth-order valence-corrected chi connectivity index (χ4v) is 1.59. The molecule has 0 saturated carbocycles. The van der Waals surface area contributed by atoms with E-state index in [1.807, 2.05) is 30.4 Å². The van der Waals surface area contributed by atoms with Crippen LogP contribution in [0.25, 0.3) is 0 Å². The summed E-state index contributed by atoms with van der Waals surface area (Å²) in [6.45, 7) is 9.65. The van der Waals surface area contributed by atoms with E-state index in [-0.39, 0.29) is 0 Å². The van der Waals surface area contributed by atoms with Crippen molar-refractivity contribution in [2.45, 2.75) is 19.4 Å². The van der Waals surface area contributed by atoms with Crippen LogP contribution in [0.2, 0.25) is 0 Å². The summed E-state index contributed by atoms with van der Waals surface area (Å²) >= 11 is 0. The Balaban J connectivity index is 2.53. The van der Waals surface area contributed by atoms with Gasteiger partial charge in [-0.05, 0) is 31.1 Å². The maximum absolute atomic E-state index is 3.80. The lowest BCUT2D eigenvalue weighted by molar-refractivity contribution is 0.794. The third-order valence-electron chi connectivity index (χ3n) is 2.32. The lowest BCUT2D eigenvalue weighted by Crippen LogP contribution is -2.15. The number of rotatable bonds is 6. The number of para-hydroxylation sites is 1. The molecular weight excluding hydrogens is 194 g/mol. The zero-order valence-electron chi connectivity index (χ0n) is 9.82. The first-order chi connectivity index (χ1) is 7.76. The molecule has 1 nitrogen and oxygen atoms in total. The van der Waals surface area contributed by atoms with Crippen molar-refractivity contribution in [3.05, 3.63) is 67.3 Å². The summed E-state index contributed by atoms with van der Waals surface area (Å²) in [6, 6.07) is 10.6. The van der Waals surface area contributed by atoms with Gasteiger partial charge < -0.3 is 5.32 Å². The van der Waals surface area contributed by atoms with Crippen LogP contribution in [0, 0.1) is 0 Å². The monoisotopic (exact) mass is 213 g/mol. The molecule has 1 aromatic carbocycles. The Bertz CT molecular complexity index is 362. The molecule has 16 heavy (non-hydrogen) atoms. The second-order valence-electron chi connectivity index (χ2n) is 3.80. The molecule has 0 aromatic heterocycles. The number of benzene rings is 1. The highest BCUT2D eigenvalue weighted by atomic mass is 14.9. The van der Waals surface area contributed by atoms with Crippen molar-refractivity contribution in [3.8, 4) is 0 Å². The number of hydrogen-bond acceptors (Lipinski definition) is 1. The fourth-order valence-electron chi connectivity index (χ4n) is 1.59. The van der Waals surface area contributed by atoms with Crippen molar-refractivity contribution in [2.75, 3.05) is 5.32 Å². The molecule has 1 rings (SSSR count). The van der Waals surface area contributed by atoms with E-state index in [9.17, 15) is 0 Å². The number of hydrogen-bond donors (Lipinski definition) is 1. The molecule has 0 radical (unpaired) electrons. The first-order valence-electron chi connectivity index (χ1n) is 5.52. The largest absolute Gasteiger partial charge is 0.382 e. The van der Waals surface area contributed by atoms with Crippen molar-refractivity contribution < 1.29 is 0 Å². The van der Waals surface area contributed by atoms with Crippen LogP contribution in [0.1, 0.15) is 13.3 Å². The average Bonchev–Trinajstić information content (AvgIpc) is 2.29. The van der Waals surface area contributed by atoms with E-state index >= 15 is 0 Å². The zero-order chi connectivity index (χ0) is 11.8. The average molecular weight is 213 g/mol. The molecule has 1 N–H and O–H groups in total. The van der Waals surface area contributed by atoms with Crippen LogP contribution in [-0.2, 0) is 0 Å². The highest BCUT2D eigenvalue weighted by molar-refractivity contribution is 5.43. The molecule has 1 heteroatoms. The van der Waals surface area contributed by atoms with Gasteiger partial charge in [0.25, 0.3) is 0 Å². The predicted octanol–water partition coefficient (Wildman–Crippen LogP) is 4.18. The molecule has 0 saturated heterocycles. The Morgan fingerprint density at radius 1 is 1.31 bits per heavy atom. The van der Waals surface area contributed by atoms with Gasteiger partial charge in [-0.3, -0.25) is 0 Å². The van der Waals surface area contributed by atoms with E-state index in [0.717, 1.165) is 12.1 Å². The van der Waals surface area contributed by atoms with E-state index < -0.39 is 0 Å². The maximum atomic E-state index is 3.80. The van der Waals surface area contributed by atoms with Crippen LogP contribution in [0.15, 0.2) is 67.3 Å². The highest BCUT2D eigenvalue weighted by Gasteiger charge is 2.02. The van der Waals surface area contributed by atoms with Crippen molar-refractivity contribution in [2.24, 2.45) is 0 Å². The van der Waals surface area contributed by atoms with Gasteiger partial charge in [0.05, 0.1) is 0 Å². The third-order valence-corrected chi connectivity index (χ3v) is 2.32. The van der Waals surface area contributed by atoms with Gasteiger partial charge in [-0.15, -0.1) is 0 Å². The second kappa shape index (κ2) is 6.67. The zero-order valence-corrected chi connectivity index (χ0v) is 9.82. The Kier molecular flexibility index (Phi) is 5.13. The molecule has 0 aliphatic carbocycles. The van der Waals surface area contributed by atoms with Crippen LogP contribution >= 0.6 is 0 Å². The van der Waals surface area contributed by atoms with Gasteiger partial charge in [-0.1, -0.05) is 49.6 Å². The topological polar surface area (TPSA) is 12.0 Å². The fraction of sp³-hybridized carbons (Fsp3) is 0.200. The molecule has 0 bridgehead atoms. The first kappa shape index (κ1) is 12.3. The summed E-state index contributed by atoms with van der Waals surface area (Å²) in [5.74, 6) is 0. The van der Waals surface area contributed by atoms with Crippen LogP contribution in [0.5, 0.6) is 0 Å². The Morgan fingerprint density at radius 3 is 2.56 bits per heavy atom. The van der Waals surface area contributed by atoms with E-state index in [1.54, 1.807) is 6.08 Å². The molecule has 0 amide bonds. The summed E-state index contributed by atoms with van der Waals surface area (Å²) in [6.07, 6.45) is 6.62. The Hall–Kier alpha value is -1.76. The predicted molar refractivity (Wildman–Crippen MR) is 72.6 cm³/mol. The molecular formula is C15H19N. The van der Waals surface area contributed by atoms with Gasteiger partial charge in [0.1, 0.15) is 0 Å². The highest BCUT2D eigenvalue weighted by Crippen LogP contribution is 2.13. The van der Waals surface area contributed by atoms with Crippen LogP contribution in [0.4, 0.5) is 5.69 Å². The van der Waals surface area contributed by atoms with Crippen LogP contribution in [-0.4, -0.2) is 6.04 Å². The van der Waals surface area contributed by atoms with Crippen LogP contribution < -0.4 is 5.32 Å². The van der Waals surface area contributed by atoms with Crippen molar-refractivity contribution >= 4 is 5.69 Å². The van der Waals surface area contributed by atoms with Crippen molar-refractivity contribution in [3.63, 3.8) is 0 Å². The van der Waals surface area contributed by atoms with Gasteiger partial charge >= 0.3 is 0 Å². The van der Waals surface area contributed by atoms with Gasteiger partial charge in [-0.2, -0.15) is 0 Å². The van der Waals surface area contributed by atoms with Gasteiger partial charge in [-0.25, -0.2) is 0 Å². The molecule has 1 aromatic rings. The number of anilines is 1. The minimum atomic E-state index is 0.381. The molecule has 0 aliphatic heterocycles. The van der Waals surface area contributed by atoms with E-state index in [2.05, 4.69) is 37.5 Å². The summed E-state index contributed by atoms with van der Waals surface area (Å²) in [4.78, 5) is 0. The molecule has 1 unspecified atom stereocenters. The minimum absolute atomic E-state index is 0.381. The standard InChI is InChI=1S/C15H19N/c1-4-9-14(5-2)12-13(3)16-15-10-7-6-8-11-15/h4-11,13,16H,1-2,12H2,3H3/b14-9+. The van der Waals surface area contributed by atoms with E-state index in [0.29, 0.717) is 6.04 Å². The van der Waals surface area contributed by atoms with Crippen molar-refractivity contribution in [1.82, 2.24) is 0 Å². The second-order valence-corrected chi connectivity index (χ2v) is 3.80. The number of nitrogens with one attached hydrogen (secondary N) is 1. The quantitative estimate of drug-likeness (QED) is 0.699. The summed E-state index contributed by atoms with van der Waals surface area (Å²) in [7, 11) is 0. The maximum Gasteiger partial charge on any atom is 0.0342 e. The smallest absolute Gasteiger partial charge is 0.0342 e. The van der Waals surface area contributed by atoms with Crippen LogP contribution in [0.3, 0.4) is 0 Å². The SMILES string of the molecule is C=C/C=C(\C=C)CC(C)Nc1ccccc1. The third kappa shape index (κ3) is 4.18. The van der Waals surface area contributed by atoms with E-state index in [4.69, 9.17) is 0 Å². The van der Waals surface area contributed by atoms with Gasteiger partial charge in [0.15, 0.2) is 0 Å². The molecule has 0 heterocycles. The molecule has 84 valence electrons. The molecule has 1 atom stereocenters. The lowest BCUT2D eigenvalue weighted by Gasteiger charge is -2.15. The number of allylic oxidation sites excluding steroid dienone is 3. The molecule has 0 spiro atoms. The normalized spacial score (nSPS) is 12.9. The summed E-state index contributed by atoms with van der Waals surface area (Å²) < 4.78 is 0. The first-order valence-corrected chi connectivity index (χ1v) is 5.52. The Labute approximate surface area is 98.2 Å². The summed E-state index contributed by atoms with van der Waals surface area (Å²) in [5.41, 5.74) is 2.35. The Morgan fingerprint density at radius 2 is 2.00 bits per heavy atom. The van der Waals surface area contributed by atoms with Gasteiger partial charge in [0, 0.05) is 11.7 Å². The van der Waals surface area contributed by atoms with Gasteiger partial charge in [0.2, 0.25) is 0 Å².